The molecule has 1 aliphatic heterocycles. The van der Waals surface area contributed by atoms with Gasteiger partial charge < -0.3 is 11.1 Å². The van der Waals surface area contributed by atoms with Crippen LogP contribution in [0.25, 0.3) is 39.4 Å². The quantitative estimate of drug-likeness (QED) is 0.241. The van der Waals surface area contributed by atoms with Crippen LogP contribution in [0.3, 0.4) is 0 Å². The van der Waals surface area contributed by atoms with Crippen molar-refractivity contribution in [2.75, 3.05) is 24.1 Å². The van der Waals surface area contributed by atoms with E-state index in [1.54, 1.807) is 36.8 Å². The molecule has 0 atom stereocenters. The number of nitrogens with one attached hydrogen (secondary N) is 1. The second-order valence-electron chi connectivity index (χ2n) is 11.0. The molecule has 2 aromatic carbocycles. The van der Waals surface area contributed by atoms with E-state index < -0.39 is 0 Å². The molecule has 6 aromatic rings. The maximum atomic E-state index is 13.6. The van der Waals surface area contributed by atoms with E-state index in [1.165, 1.54) is 17.7 Å². The van der Waals surface area contributed by atoms with Gasteiger partial charge in [0.2, 0.25) is 5.82 Å². The van der Waals surface area contributed by atoms with Crippen molar-refractivity contribution >= 4 is 22.8 Å². The molecule has 45 heavy (non-hydrogen) atoms. The standard InChI is InChI=1S/C34H29FN10/c35-24-7-5-23(6-8-24)29-20-40-28-18-30(27-2-1-14-39-33(27)37)45(34(28)42-29)26-9-3-22(4-10-26)21-44-16-12-25(13-17-44)41-31-11-15-38-32(19-36)43-31/h1-11,14-15,18,20,25H,12-13,16-17,21H2,(H2,37,39)(H,38,41,43). The van der Waals surface area contributed by atoms with Crippen LogP contribution in [0.2, 0.25) is 0 Å². The van der Waals surface area contributed by atoms with E-state index in [0.29, 0.717) is 34.5 Å². The molecule has 1 aliphatic rings. The number of benzene rings is 2. The molecule has 10 nitrogen and oxygen atoms in total. The van der Waals surface area contributed by atoms with Gasteiger partial charge in [0.05, 0.1) is 17.6 Å². The molecular formula is C34H29FN10. The molecule has 0 saturated carbocycles. The highest BCUT2D eigenvalue weighted by Gasteiger charge is 2.21. The molecule has 0 bridgehead atoms. The third-order valence-corrected chi connectivity index (χ3v) is 8.06. The minimum atomic E-state index is -0.302. The van der Waals surface area contributed by atoms with Crippen molar-refractivity contribution in [2.45, 2.75) is 25.4 Å². The summed E-state index contributed by atoms with van der Waals surface area (Å²) >= 11 is 0. The predicted molar refractivity (Wildman–Crippen MR) is 171 cm³/mol. The summed E-state index contributed by atoms with van der Waals surface area (Å²) in [5.41, 5.74) is 12.9. The summed E-state index contributed by atoms with van der Waals surface area (Å²) in [5, 5.41) is 12.5. The summed E-state index contributed by atoms with van der Waals surface area (Å²) in [7, 11) is 0. The number of piperidine rings is 1. The molecule has 4 aromatic heterocycles. The summed E-state index contributed by atoms with van der Waals surface area (Å²) in [6, 6.07) is 24.6. The Morgan fingerprint density at radius 1 is 0.933 bits per heavy atom. The number of rotatable bonds is 7. The van der Waals surface area contributed by atoms with E-state index in [-0.39, 0.29) is 11.6 Å². The number of pyridine rings is 1. The highest BCUT2D eigenvalue weighted by Crippen LogP contribution is 2.33. The molecule has 3 N–H and O–H groups in total. The zero-order valence-corrected chi connectivity index (χ0v) is 24.3. The maximum absolute atomic E-state index is 13.6. The van der Waals surface area contributed by atoms with Crippen molar-refractivity contribution in [3.63, 3.8) is 0 Å². The molecule has 5 heterocycles. The number of aromatic nitrogens is 6. The number of nitrogens with zero attached hydrogens (tertiary/aromatic N) is 8. The van der Waals surface area contributed by atoms with Crippen LogP contribution >= 0.6 is 0 Å². The van der Waals surface area contributed by atoms with E-state index in [1.807, 2.05) is 24.3 Å². The third kappa shape index (κ3) is 5.91. The predicted octanol–water partition coefficient (Wildman–Crippen LogP) is 5.61. The number of halogens is 1. The van der Waals surface area contributed by atoms with E-state index in [9.17, 15) is 4.39 Å². The Kier molecular flexibility index (Phi) is 7.55. The molecule has 11 heteroatoms. The lowest BCUT2D eigenvalue weighted by atomic mass is 10.0. The Morgan fingerprint density at radius 2 is 1.73 bits per heavy atom. The average Bonchev–Trinajstić information content (AvgIpc) is 3.45. The molecule has 1 saturated heterocycles. The maximum Gasteiger partial charge on any atom is 0.234 e. The number of hydrogen-bond donors (Lipinski definition) is 2. The number of nitrogen functional groups attached to an aromatic ring is 1. The van der Waals surface area contributed by atoms with E-state index >= 15 is 0 Å². The fraction of sp³-hybridized carbons (Fsp3) is 0.176. The van der Waals surface area contributed by atoms with Gasteiger partial charge in [-0.05, 0) is 79.1 Å². The topological polar surface area (TPSA) is 134 Å². The molecule has 1 fully saturated rings. The van der Waals surface area contributed by atoms with Gasteiger partial charge in [0.15, 0.2) is 5.65 Å². The van der Waals surface area contributed by atoms with E-state index in [2.05, 4.69) is 54.0 Å². The molecule has 0 aliphatic carbocycles. The number of anilines is 2. The molecule has 0 radical (unpaired) electrons. The summed E-state index contributed by atoms with van der Waals surface area (Å²) < 4.78 is 15.6. The monoisotopic (exact) mass is 596 g/mol. The summed E-state index contributed by atoms with van der Waals surface area (Å²) in [5.74, 6) is 0.976. The van der Waals surface area contributed by atoms with Gasteiger partial charge in [0.25, 0.3) is 0 Å². The van der Waals surface area contributed by atoms with Crippen molar-refractivity contribution in [2.24, 2.45) is 0 Å². The molecule has 0 unspecified atom stereocenters. The van der Waals surface area contributed by atoms with Crippen LogP contribution in [0, 0.1) is 17.1 Å². The lowest BCUT2D eigenvalue weighted by molar-refractivity contribution is 0.211. The van der Waals surface area contributed by atoms with Crippen molar-refractivity contribution in [1.82, 2.24) is 34.4 Å². The lowest BCUT2D eigenvalue weighted by Crippen LogP contribution is -2.38. The van der Waals surface area contributed by atoms with E-state index in [4.69, 9.17) is 21.0 Å². The SMILES string of the molecule is N#Cc1nccc(NC2CCN(Cc3ccc(-n4c(-c5cccnc5N)cc5ncc(-c6ccc(F)cc6)nc54)cc3)CC2)n1. The average molecular weight is 597 g/mol. The van der Waals surface area contributed by atoms with Crippen LogP contribution < -0.4 is 11.1 Å². The highest BCUT2D eigenvalue weighted by molar-refractivity contribution is 5.87. The Labute approximate surface area is 259 Å². The first-order chi connectivity index (χ1) is 22.0. The fourth-order valence-corrected chi connectivity index (χ4v) is 5.76. The van der Waals surface area contributed by atoms with Gasteiger partial charge in [-0.2, -0.15) is 5.26 Å². The number of nitriles is 1. The lowest BCUT2D eigenvalue weighted by Gasteiger charge is -2.32. The fourth-order valence-electron chi connectivity index (χ4n) is 5.76. The van der Waals surface area contributed by atoms with Crippen molar-refractivity contribution in [3.05, 3.63) is 109 Å². The van der Waals surface area contributed by atoms with Gasteiger partial charge >= 0.3 is 0 Å². The minimum Gasteiger partial charge on any atom is -0.383 e. The van der Waals surface area contributed by atoms with Crippen LogP contribution in [0.5, 0.6) is 0 Å². The smallest absolute Gasteiger partial charge is 0.234 e. The number of fused-ring (bicyclic) bond motifs is 1. The Balaban J connectivity index is 1.13. The van der Waals surface area contributed by atoms with Crippen LogP contribution in [0.1, 0.15) is 24.2 Å². The van der Waals surface area contributed by atoms with Crippen molar-refractivity contribution < 1.29 is 4.39 Å². The molecule has 222 valence electrons. The van der Waals surface area contributed by atoms with Crippen molar-refractivity contribution in [3.8, 4) is 34.3 Å². The Bertz CT molecular complexity index is 2010. The van der Waals surface area contributed by atoms with Gasteiger partial charge in [-0.25, -0.2) is 24.3 Å². The van der Waals surface area contributed by atoms with Crippen molar-refractivity contribution in [1.29, 1.82) is 5.26 Å². The number of hydrogen-bond acceptors (Lipinski definition) is 9. The first-order valence-corrected chi connectivity index (χ1v) is 14.7. The minimum absolute atomic E-state index is 0.171. The normalized spacial score (nSPS) is 14.0. The van der Waals surface area contributed by atoms with Gasteiger partial charge in [0, 0.05) is 54.9 Å². The molecule has 0 spiro atoms. The second-order valence-corrected chi connectivity index (χ2v) is 11.0. The molecule has 0 amide bonds. The highest BCUT2D eigenvalue weighted by atomic mass is 19.1. The summed E-state index contributed by atoms with van der Waals surface area (Å²) in [6.45, 7) is 2.73. The third-order valence-electron chi connectivity index (χ3n) is 8.06. The van der Waals surface area contributed by atoms with Crippen LogP contribution in [0.15, 0.2) is 91.4 Å². The van der Waals surface area contributed by atoms with E-state index in [0.717, 1.165) is 55.0 Å². The van der Waals surface area contributed by atoms with Crippen LogP contribution in [0.4, 0.5) is 16.0 Å². The molecule has 7 rings (SSSR count). The first-order valence-electron chi connectivity index (χ1n) is 14.7. The zero-order chi connectivity index (χ0) is 30.8. The summed E-state index contributed by atoms with van der Waals surface area (Å²) in [4.78, 5) is 24.6. The first kappa shape index (κ1) is 28.1. The number of likely N-dealkylation sites (tertiary alicyclic amines) is 1. The van der Waals surface area contributed by atoms with Crippen LogP contribution in [-0.4, -0.2) is 53.5 Å². The Hall–Kier alpha value is -5.73. The van der Waals surface area contributed by atoms with Crippen LogP contribution in [-0.2, 0) is 6.54 Å². The second kappa shape index (κ2) is 12.1. The molecular weight excluding hydrogens is 567 g/mol. The largest absolute Gasteiger partial charge is 0.383 e. The zero-order valence-electron chi connectivity index (χ0n) is 24.3. The van der Waals surface area contributed by atoms with Gasteiger partial charge in [-0.1, -0.05) is 12.1 Å². The van der Waals surface area contributed by atoms with Gasteiger partial charge in [0.1, 0.15) is 29.0 Å². The van der Waals surface area contributed by atoms with Gasteiger partial charge in [-0.3, -0.25) is 14.5 Å². The van der Waals surface area contributed by atoms with Gasteiger partial charge in [-0.15, -0.1) is 0 Å². The summed E-state index contributed by atoms with van der Waals surface area (Å²) in [6.07, 6.45) is 6.93. The Morgan fingerprint density at radius 3 is 2.49 bits per heavy atom. The number of nitrogens with two attached hydrogens (primary N) is 1.